The van der Waals surface area contributed by atoms with Crippen LogP contribution in [0.2, 0.25) is 42.3 Å². The summed E-state index contributed by atoms with van der Waals surface area (Å²) in [4.78, 5) is 38.6. The van der Waals surface area contributed by atoms with Crippen molar-refractivity contribution in [3.05, 3.63) is 301 Å². The van der Waals surface area contributed by atoms with Gasteiger partial charge in [-0.3, -0.25) is 19.9 Å². The molecule has 32 heteroatoms. The van der Waals surface area contributed by atoms with Gasteiger partial charge in [0.15, 0.2) is 5.82 Å². The van der Waals surface area contributed by atoms with Gasteiger partial charge < -0.3 is 43.9 Å². The van der Waals surface area contributed by atoms with E-state index in [2.05, 4.69) is 262 Å². The molecule has 8 aromatic carbocycles. The first-order valence-corrected chi connectivity index (χ1v) is 49.3. The van der Waals surface area contributed by atoms with Gasteiger partial charge in [-0.25, -0.2) is 9.48 Å². The summed E-state index contributed by atoms with van der Waals surface area (Å²) in [5.74, 6) is 2.00. The topological polar surface area (TPSA) is 256 Å². The van der Waals surface area contributed by atoms with E-state index < -0.39 is 33.4 Å². The Morgan fingerprint density at radius 1 is 0.548 bits per heavy atom. The molecule has 4 aliphatic rings. The molecule has 4 N–H and O–H groups in total. The van der Waals surface area contributed by atoms with Crippen LogP contribution in [0.15, 0.2) is 235 Å². The number of azide groups is 1. The molecular formula is C94H120B2Cl8N12O9Si. The SMILES string of the molecule is CC1(C)OB(CCCCC(NC(c2ccccc2)(c2ccccc2)c2ccccc2)c2nnnn2CC2CCN(Cc3ccc(Cl)cc3)CC2)OC1(C)C.CC1(C)OB(CCCCC=O)OC1(C)C.C[Si](C)(C)N=[N+]=[N-].NC(c1ccccc1)(c1ccccc1)c1ccccc1.O=C(OC(Cl)(Cl)Cl)OC(Cl)(Cl)Cl.O=CNCC1CCN(Cc2ccc(Cl)cc2)CC1. The lowest BCUT2D eigenvalue weighted by molar-refractivity contribution is -0.110. The highest BCUT2D eigenvalue weighted by atomic mass is 35.6. The number of unbranched alkanes of at least 4 members (excludes halogenated alkanes) is 3. The van der Waals surface area contributed by atoms with Gasteiger partial charge in [-0.05, 0) is 304 Å². The van der Waals surface area contributed by atoms with E-state index >= 15 is 0 Å². The summed E-state index contributed by atoms with van der Waals surface area (Å²) in [5, 5.41) is 22.3. The quantitative estimate of drug-likeness (QED) is 0.00453. The number of hydrogen-bond donors (Lipinski definition) is 3. The highest BCUT2D eigenvalue weighted by Crippen LogP contribution is 2.44. The number of nitrogens with zero attached hydrogens (tertiary/aromatic N) is 9. The lowest BCUT2D eigenvalue weighted by Crippen LogP contribution is -2.47. The largest absolute Gasteiger partial charge is 0.515 e. The second-order valence-electron chi connectivity index (χ2n) is 34.7. The fourth-order valence-corrected chi connectivity index (χ4v) is 16.0. The molecule has 21 nitrogen and oxygen atoms in total. The number of halogens is 8. The Morgan fingerprint density at radius 2 is 0.897 bits per heavy atom. The van der Waals surface area contributed by atoms with E-state index in [4.69, 9.17) is 128 Å². The average molecular weight is 1900 g/mol. The minimum Gasteiger partial charge on any atom is -0.403 e. The number of benzene rings is 8. The van der Waals surface area contributed by atoms with Crippen molar-refractivity contribution in [2.24, 2.45) is 22.3 Å². The summed E-state index contributed by atoms with van der Waals surface area (Å²) < 4.78 is 33.6. The monoisotopic (exact) mass is 1890 g/mol. The molecule has 5 heterocycles. The van der Waals surface area contributed by atoms with Crippen molar-refractivity contribution in [2.75, 3.05) is 32.7 Å². The van der Waals surface area contributed by atoms with E-state index in [1.165, 1.54) is 11.1 Å². The molecule has 4 fully saturated rings. The number of hydrogen-bond acceptors (Lipinski definition) is 17. The Balaban J connectivity index is 0.000000221. The predicted octanol–water partition coefficient (Wildman–Crippen LogP) is 23.7. The number of nitrogens with two attached hydrogens (primary N) is 1. The van der Waals surface area contributed by atoms with E-state index in [1.54, 1.807) is 0 Å². The number of nitrogens with one attached hydrogen (secondary N) is 2. The smallest absolute Gasteiger partial charge is 0.403 e. The van der Waals surface area contributed by atoms with Gasteiger partial charge in [-0.1, -0.05) is 268 Å². The molecule has 1 aromatic heterocycles. The molecule has 0 saturated carbocycles. The molecule has 0 radical (unpaired) electrons. The second kappa shape index (κ2) is 49.8. The molecule has 0 bridgehead atoms. The first kappa shape index (κ1) is 104. The third kappa shape index (κ3) is 33.4. The third-order valence-corrected chi connectivity index (χ3v) is 24.7. The first-order chi connectivity index (χ1) is 59.8. The number of rotatable bonds is 29. The Kier molecular flexibility index (Phi) is 41.2. The summed E-state index contributed by atoms with van der Waals surface area (Å²) >= 11 is 42.2. The van der Waals surface area contributed by atoms with E-state index in [1.807, 2.05) is 98.5 Å². The van der Waals surface area contributed by atoms with Crippen molar-refractivity contribution >= 4 is 134 Å². The Morgan fingerprint density at radius 3 is 1.22 bits per heavy atom. The number of amides is 1. The van der Waals surface area contributed by atoms with Crippen LogP contribution in [0.25, 0.3) is 10.4 Å². The van der Waals surface area contributed by atoms with Crippen molar-refractivity contribution in [2.45, 2.75) is 219 Å². The molecule has 0 aliphatic carbocycles. The predicted molar refractivity (Wildman–Crippen MR) is 515 cm³/mol. The van der Waals surface area contributed by atoms with Crippen molar-refractivity contribution in [1.29, 1.82) is 0 Å². The van der Waals surface area contributed by atoms with Crippen LogP contribution in [0.5, 0.6) is 0 Å². The van der Waals surface area contributed by atoms with Crippen LogP contribution in [0.4, 0.5) is 4.79 Å². The summed E-state index contributed by atoms with van der Waals surface area (Å²) in [6.45, 7) is 30.5. The number of tetrazole rings is 1. The fraction of sp³-hybridized carbons (Fsp3) is 0.447. The Bertz CT molecular complexity index is 4490. The highest BCUT2D eigenvalue weighted by molar-refractivity contribution is 6.74. The van der Waals surface area contributed by atoms with Crippen molar-refractivity contribution in [3.63, 3.8) is 0 Å². The van der Waals surface area contributed by atoms with Crippen molar-refractivity contribution < 1.29 is 42.5 Å². The maximum atomic E-state index is 10.5. The van der Waals surface area contributed by atoms with E-state index in [0.29, 0.717) is 18.3 Å². The molecule has 1 amide bonds. The van der Waals surface area contributed by atoms with Crippen molar-refractivity contribution in [1.82, 2.24) is 40.6 Å². The zero-order valence-electron chi connectivity index (χ0n) is 73.9. The van der Waals surface area contributed by atoms with Gasteiger partial charge in [0.25, 0.3) is 0 Å². The fourth-order valence-electron chi connectivity index (χ4n) is 15.1. The van der Waals surface area contributed by atoms with Gasteiger partial charge in [0, 0.05) is 42.6 Å². The number of likely N-dealkylation sites (tertiary alicyclic amines) is 2. The van der Waals surface area contributed by atoms with Gasteiger partial charge in [0.1, 0.15) is 14.5 Å². The standard InChI is InChI=1S/C44H54BClN6O2.C19H17N.C14H19ClN2O.C11H21BO3.C3Cl6O3.C3H9N3Si/c1-42(2)43(3,4)54-45(53-42)29-15-14-22-40(41-48-49-50-52(41)33-35-27-30-51(31-28-35)32-34-23-25-39(46)26-24-34)47-44(36-16-8-5-9-17-36,37-18-10-6-11-19-37)38-20-12-7-13-21-38;20-19(16-10-4-1-5-11-16,17-12-6-2-7-13-17)18-14-8-3-9-15-18;15-14-3-1-13(2-4-14)10-17-7-5-12(6-8-17)9-16-11-18;1-10(2)11(3,4)15-12(14-10)8-6-5-7-9-13;4-2(5,6)11-1(10)12-3(7,8)9;1-7(2,3)6-5-4/h5-13,16-21,23-26,35,40,47H,14-15,22,27-33H2,1-4H3;1-15H,20H2;1-4,11-12H,5-10H2,(H,16,18);9H,5-8H2,1-4H3;;1-3H3. The number of aldehydes is 1. The van der Waals surface area contributed by atoms with Crippen LogP contribution in [0.1, 0.15) is 176 Å². The summed E-state index contributed by atoms with van der Waals surface area (Å²) in [6.07, 6.45) is 11.9. The molecule has 13 rings (SSSR count). The molecular weight excluding hydrogens is 1770 g/mol. The Hall–Kier alpha value is -7.10. The molecule has 4 aliphatic heterocycles. The maximum Gasteiger partial charge on any atom is 0.515 e. The summed E-state index contributed by atoms with van der Waals surface area (Å²) in [6, 6.07) is 79.2. The number of carbonyl (C=O) groups excluding carboxylic acids is 3. The van der Waals surface area contributed by atoms with Crippen LogP contribution in [0, 0.1) is 11.8 Å². The van der Waals surface area contributed by atoms with Gasteiger partial charge in [-0.2, -0.15) is 0 Å². The molecule has 9 aromatic rings. The van der Waals surface area contributed by atoms with E-state index in [0.717, 1.165) is 185 Å². The van der Waals surface area contributed by atoms with Crippen LogP contribution in [-0.4, -0.2) is 134 Å². The molecule has 0 spiro atoms. The minimum absolute atomic E-state index is 0.110. The lowest BCUT2D eigenvalue weighted by atomic mass is 9.76. The maximum absolute atomic E-state index is 10.5. The zero-order chi connectivity index (χ0) is 91.7. The second-order valence-corrected chi connectivity index (χ2v) is 44.5. The lowest BCUT2D eigenvalue weighted by Gasteiger charge is -2.40. The van der Waals surface area contributed by atoms with E-state index in [9.17, 15) is 14.4 Å². The first-order valence-electron chi connectivity index (χ1n) is 42.8. The molecule has 1 unspecified atom stereocenters. The van der Waals surface area contributed by atoms with Crippen LogP contribution in [0.3, 0.4) is 0 Å². The normalized spacial score (nSPS) is 16.6. The number of aromatic nitrogens is 4. The molecule has 1 atom stereocenters. The van der Waals surface area contributed by atoms with Gasteiger partial charge in [-0.15, -0.1) is 9.88 Å². The number of alkyl halides is 6. The van der Waals surface area contributed by atoms with Crippen LogP contribution < -0.4 is 16.4 Å². The number of piperidine rings is 2. The molecule has 126 heavy (non-hydrogen) atoms. The highest BCUT2D eigenvalue weighted by Gasteiger charge is 2.52. The Labute approximate surface area is 786 Å². The van der Waals surface area contributed by atoms with Gasteiger partial charge in [0.2, 0.25) is 6.41 Å². The van der Waals surface area contributed by atoms with Gasteiger partial charge >= 0.3 is 28.3 Å². The van der Waals surface area contributed by atoms with Crippen LogP contribution in [-0.2, 0) is 68.4 Å². The zero-order valence-corrected chi connectivity index (χ0v) is 81.0. The number of ether oxygens (including phenoxy) is 2. The summed E-state index contributed by atoms with van der Waals surface area (Å²) in [7, 11) is -1.77. The average Bonchev–Trinajstić information content (AvgIpc) is 1.05. The van der Waals surface area contributed by atoms with Crippen molar-refractivity contribution in [3.8, 4) is 0 Å². The minimum atomic E-state index is -2.24. The van der Waals surface area contributed by atoms with Crippen LogP contribution >= 0.6 is 92.8 Å². The summed E-state index contributed by atoms with van der Waals surface area (Å²) in [5.41, 5.74) is 21.7. The third-order valence-electron chi connectivity index (χ3n) is 23.1. The molecule has 676 valence electrons. The molecule has 4 saturated heterocycles. The van der Waals surface area contributed by atoms with E-state index in [-0.39, 0.29) is 42.7 Å². The number of carbonyl (C=O) groups is 3. The van der Waals surface area contributed by atoms with Gasteiger partial charge in [0.05, 0.1) is 39.5 Å².